The molecule has 0 fully saturated rings. The molecule has 6 heteroatoms. The number of nitrogens with zero attached hydrogens (tertiary/aromatic N) is 2. The third-order valence-electron chi connectivity index (χ3n) is 3.12. The van der Waals surface area contributed by atoms with Crippen LogP contribution in [-0.4, -0.2) is 45.0 Å². The predicted octanol–water partition coefficient (Wildman–Crippen LogP) is 2.37. The largest absolute Gasteiger partial charge is 0.399 e. The van der Waals surface area contributed by atoms with E-state index in [-0.39, 0.29) is 6.04 Å². The molecule has 5 nitrogen and oxygen atoms in total. The number of benzene rings is 1. The van der Waals surface area contributed by atoms with Crippen LogP contribution in [0.3, 0.4) is 0 Å². The van der Waals surface area contributed by atoms with E-state index in [1.807, 2.05) is 18.2 Å². The number of nitrogen functional groups attached to an aromatic ring is 1. The molecule has 1 unspecified atom stereocenters. The molecule has 0 aliphatic rings. The molecule has 0 radical (unpaired) electrons. The molecule has 2 aromatic rings. The van der Waals surface area contributed by atoms with Crippen molar-refractivity contribution in [2.45, 2.75) is 13.0 Å². The van der Waals surface area contributed by atoms with Crippen molar-refractivity contribution in [1.82, 2.24) is 4.98 Å². The number of thiazole rings is 1. The minimum absolute atomic E-state index is 0.244. The molecule has 0 aliphatic heterocycles. The molecular weight excluding hydrogens is 274 g/mol. The van der Waals surface area contributed by atoms with Crippen LogP contribution in [0.1, 0.15) is 6.92 Å². The Kier molecular flexibility index (Phi) is 5.17. The van der Waals surface area contributed by atoms with Crippen LogP contribution >= 0.6 is 11.3 Å². The van der Waals surface area contributed by atoms with Gasteiger partial charge in [-0.05, 0) is 25.1 Å². The standard InChI is InChI=1S/C14H21N3O2S/c1-10(9-19-3)17(6-7-18-2)14-16-12-5-4-11(15)8-13(12)20-14/h4-5,8,10H,6-7,9,15H2,1-3H3. The van der Waals surface area contributed by atoms with Gasteiger partial charge in [0.1, 0.15) is 0 Å². The van der Waals surface area contributed by atoms with Crippen LogP contribution in [-0.2, 0) is 9.47 Å². The van der Waals surface area contributed by atoms with Crippen LogP contribution in [0, 0.1) is 0 Å². The molecule has 1 aromatic heterocycles. The molecule has 20 heavy (non-hydrogen) atoms. The number of methoxy groups -OCH3 is 2. The van der Waals surface area contributed by atoms with Crippen LogP contribution in [0.5, 0.6) is 0 Å². The first-order valence-corrected chi connectivity index (χ1v) is 7.38. The molecule has 0 saturated carbocycles. The monoisotopic (exact) mass is 295 g/mol. The zero-order valence-corrected chi connectivity index (χ0v) is 12.9. The summed E-state index contributed by atoms with van der Waals surface area (Å²) in [5, 5.41) is 0.979. The maximum absolute atomic E-state index is 5.82. The fourth-order valence-electron chi connectivity index (χ4n) is 2.08. The Balaban J connectivity index is 2.29. The van der Waals surface area contributed by atoms with Gasteiger partial charge in [0.2, 0.25) is 0 Å². The van der Waals surface area contributed by atoms with E-state index in [9.17, 15) is 0 Å². The Bertz CT molecular complexity index is 558. The third kappa shape index (κ3) is 3.39. The maximum atomic E-state index is 5.82. The summed E-state index contributed by atoms with van der Waals surface area (Å²) in [5.41, 5.74) is 7.57. The topological polar surface area (TPSA) is 60.6 Å². The average Bonchev–Trinajstić information content (AvgIpc) is 2.82. The van der Waals surface area contributed by atoms with E-state index >= 15 is 0 Å². The lowest BCUT2D eigenvalue weighted by Gasteiger charge is -2.28. The van der Waals surface area contributed by atoms with Gasteiger partial charge in [-0.2, -0.15) is 0 Å². The molecule has 2 N–H and O–H groups in total. The second kappa shape index (κ2) is 6.88. The van der Waals surface area contributed by atoms with Crippen LogP contribution < -0.4 is 10.6 Å². The first-order chi connectivity index (χ1) is 9.65. The molecule has 0 amide bonds. The Morgan fingerprint density at radius 2 is 2.15 bits per heavy atom. The summed E-state index contributed by atoms with van der Waals surface area (Å²) in [6.45, 7) is 4.23. The molecule has 0 saturated heterocycles. The van der Waals surface area contributed by atoms with Gasteiger partial charge >= 0.3 is 0 Å². The smallest absolute Gasteiger partial charge is 0.186 e. The number of hydrogen-bond acceptors (Lipinski definition) is 6. The van der Waals surface area contributed by atoms with E-state index in [0.29, 0.717) is 13.2 Å². The molecule has 2 rings (SSSR count). The fraction of sp³-hybridized carbons (Fsp3) is 0.500. The van der Waals surface area contributed by atoms with E-state index < -0.39 is 0 Å². The van der Waals surface area contributed by atoms with Crippen molar-refractivity contribution < 1.29 is 9.47 Å². The van der Waals surface area contributed by atoms with Crippen molar-refractivity contribution in [3.63, 3.8) is 0 Å². The summed E-state index contributed by atoms with van der Waals surface area (Å²) in [6, 6.07) is 6.05. The van der Waals surface area contributed by atoms with Gasteiger partial charge in [-0.15, -0.1) is 0 Å². The lowest BCUT2D eigenvalue weighted by atomic mass is 10.3. The van der Waals surface area contributed by atoms with Gasteiger partial charge in [-0.25, -0.2) is 4.98 Å². The number of nitrogens with two attached hydrogens (primary N) is 1. The molecule has 0 aliphatic carbocycles. The van der Waals surface area contributed by atoms with E-state index in [1.54, 1.807) is 25.6 Å². The highest BCUT2D eigenvalue weighted by atomic mass is 32.1. The highest BCUT2D eigenvalue weighted by Crippen LogP contribution is 2.31. The summed E-state index contributed by atoms with van der Waals surface area (Å²) in [6.07, 6.45) is 0. The van der Waals surface area contributed by atoms with Crippen molar-refractivity contribution >= 4 is 32.4 Å². The van der Waals surface area contributed by atoms with Crippen LogP contribution in [0.4, 0.5) is 10.8 Å². The summed E-state index contributed by atoms with van der Waals surface area (Å²) < 4.78 is 11.5. The van der Waals surface area contributed by atoms with Crippen LogP contribution in [0.2, 0.25) is 0 Å². The van der Waals surface area contributed by atoms with Gasteiger partial charge in [0.15, 0.2) is 5.13 Å². The van der Waals surface area contributed by atoms with Gasteiger partial charge in [-0.1, -0.05) is 11.3 Å². The Labute approximate surface area is 123 Å². The van der Waals surface area contributed by atoms with Crippen molar-refractivity contribution in [1.29, 1.82) is 0 Å². The van der Waals surface area contributed by atoms with Gasteiger partial charge in [0.25, 0.3) is 0 Å². The Morgan fingerprint density at radius 1 is 1.35 bits per heavy atom. The minimum Gasteiger partial charge on any atom is -0.399 e. The Hall–Kier alpha value is -1.37. The summed E-state index contributed by atoms with van der Waals surface area (Å²) in [7, 11) is 3.42. The molecule has 0 spiro atoms. The lowest BCUT2D eigenvalue weighted by Crippen LogP contribution is -2.38. The molecule has 1 atom stereocenters. The van der Waals surface area contributed by atoms with Crippen molar-refractivity contribution in [2.24, 2.45) is 0 Å². The van der Waals surface area contributed by atoms with E-state index in [4.69, 9.17) is 15.2 Å². The highest BCUT2D eigenvalue weighted by Gasteiger charge is 2.18. The number of ether oxygens (including phenoxy) is 2. The summed E-state index contributed by atoms with van der Waals surface area (Å²) in [5.74, 6) is 0. The van der Waals surface area contributed by atoms with Gasteiger partial charge in [0, 0.05) is 26.5 Å². The summed E-state index contributed by atoms with van der Waals surface area (Å²) in [4.78, 5) is 6.90. The van der Waals surface area contributed by atoms with E-state index in [0.717, 1.165) is 27.6 Å². The number of rotatable bonds is 7. The second-order valence-corrected chi connectivity index (χ2v) is 5.72. The predicted molar refractivity (Wildman–Crippen MR) is 84.6 cm³/mol. The normalized spacial score (nSPS) is 12.8. The van der Waals surface area contributed by atoms with Crippen LogP contribution in [0.15, 0.2) is 18.2 Å². The molecule has 110 valence electrons. The first-order valence-electron chi connectivity index (χ1n) is 6.56. The fourth-order valence-corrected chi connectivity index (χ4v) is 3.22. The lowest BCUT2D eigenvalue weighted by molar-refractivity contribution is 0.171. The molecule has 1 aromatic carbocycles. The van der Waals surface area contributed by atoms with Crippen LogP contribution in [0.25, 0.3) is 10.2 Å². The second-order valence-electron chi connectivity index (χ2n) is 4.71. The highest BCUT2D eigenvalue weighted by molar-refractivity contribution is 7.22. The number of aromatic nitrogens is 1. The number of anilines is 2. The SMILES string of the molecule is COCCN(c1nc2ccc(N)cc2s1)C(C)COC. The van der Waals surface area contributed by atoms with Crippen molar-refractivity contribution in [3.05, 3.63) is 18.2 Å². The quantitative estimate of drug-likeness (QED) is 0.795. The number of fused-ring (bicyclic) bond motifs is 1. The van der Waals surface area contributed by atoms with Crippen molar-refractivity contribution in [2.75, 3.05) is 44.6 Å². The number of hydrogen-bond donors (Lipinski definition) is 1. The van der Waals surface area contributed by atoms with E-state index in [2.05, 4.69) is 16.8 Å². The minimum atomic E-state index is 0.244. The third-order valence-corrected chi connectivity index (χ3v) is 4.18. The van der Waals surface area contributed by atoms with E-state index in [1.165, 1.54) is 0 Å². The van der Waals surface area contributed by atoms with Gasteiger partial charge < -0.3 is 20.1 Å². The average molecular weight is 295 g/mol. The Morgan fingerprint density at radius 3 is 2.85 bits per heavy atom. The zero-order chi connectivity index (χ0) is 14.5. The summed E-state index contributed by atoms with van der Waals surface area (Å²) >= 11 is 1.65. The van der Waals surface area contributed by atoms with Gasteiger partial charge in [0.05, 0.1) is 29.5 Å². The zero-order valence-electron chi connectivity index (χ0n) is 12.1. The molecular formula is C14H21N3O2S. The maximum Gasteiger partial charge on any atom is 0.186 e. The molecule has 0 bridgehead atoms. The van der Waals surface area contributed by atoms with Gasteiger partial charge in [-0.3, -0.25) is 0 Å². The molecule has 1 heterocycles. The van der Waals surface area contributed by atoms with Crippen molar-refractivity contribution in [3.8, 4) is 0 Å². The first kappa shape index (κ1) is 15.0.